The van der Waals surface area contributed by atoms with Crippen LogP contribution in [-0.4, -0.2) is 5.78 Å². The van der Waals surface area contributed by atoms with Gasteiger partial charge in [0.05, 0.1) is 5.02 Å². The molecule has 2 rings (SSSR count). The molecule has 0 heterocycles. The molecule has 2 aromatic carbocycles. The Morgan fingerprint density at radius 3 is 2.21 bits per heavy atom. The molecule has 19 heavy (non-hydrogen) atoms. The van der Waals surface area contributed by atoms with Crippen molar-refractivity contribution in [3.05, 3.63) is 68.4 Å². The summed E-state index contributed by atoms with van der Waals surface area (Å²) in [5.41, 5.74) is 0.787. The molecule has 0 amide bonds. The number of hydrogen-bond donors (Lipinski definition) is 0. The van der Waals surface area contributed by atoms with Crippen molar-refractivity contribution in [1.29, 1.82) is 0 Å². The third-order valence-corrected chi connectivity index (χ3v) is 3.65. The van der Waals surface area contributed by atoms with E-state index in [4.69, 9.17) is 34.8 Å². The Hall–Kier alpha value is -1.09. The number of carbonyl (C=O) groups excluding carboxylic acids is 1. The van der Waals surface area contributed by atoms with Crippen LogP contribution in [-0.2, 0) is 6.42 Å². The monoisotopic (exact) mass is 316 g/mol. The molecule has 0 aliphatic heterocycles. The van der Waals surface area contributed by atoms with E-state index in [0.717, 1.165) is 6.07 Å². The van der Waals surface area contributed by atoms with E-state index >= 15 is 0 Å². The van der Waals surface area contributed by atoms with Gasteiger partial charge in [0.2, 0.25) is 0 Å². The summed E-state index contributed by atoms with van der Waals surface area (Å²) in [7, 11) is 0. The molecule has 0 bridgehead atoms. The zero-order valence-electron chi connectivity index (χ0n) is 9.59. The summed E-state index contributed by atoms with van der Waals surface area (Å²) in [6.45, 7) is 0. The van der Waals surface area contributed by atoms with Gasteiger partial charge in [-0.25, -0.2) is 4.39 Å². The van der Waals surface area contributed by atoms with Crippen molar-refractivity contribution >= 4 is 40.6 Å². The van der Waals surface area contributed by atoms with Crippen molar-refractivity contribution in [3.8, 4) is 0 Å². The van der Waals surface area contributed by atoms with E-state index in [1.165, 1.54) is 12.1 Å². The second-order valence-electron chi connectivity index (χ2n) is 3.92. The third kappa shape index (κ3) is 3.27. The first-order valence-corrected chi connectivity index (χ1v) is 6.53. The molecule has 98 valence electrons. The van der Waals surface area contributed by atoms with Gasteiger partial charge in [-0.05, 0) is 35.9 Å². The fourth-order valence-corrected chi connectivity index (χ4v) is 2.48. The van der Waals surface area contributed by atoms with E-state index in [1.54, 1.807) is 18.2 Å². The maximum atomic E-state index is 12.9. The highest BCUT2D eigenvalue weighted by Gasteiger charge is 2.15. The van der Waals surface area contributed by atoms with Crippen molar-refractivity contribution < 1.29 is 9.18 Å². The van der Waals surface area contributed by atoms with Gasteiger partial charge in [-0.3, -0.25) is 4.79 Å². The van der Waals surface area contributed by atoms with Crippen LogP contribution in [0, 0.1) is 5.82 Å². The van der Waals surface area contributed by atoms with E-state index in [-0.39, 0.29) is 22.8 Å². The third-order valence-electron chi connectivity index (χ3n) is 2.63. The quantitative estimate of drug-likeness (QED) is 0.710. The van der Waals surface area contributed by atoms with Crippen molar-refractivity contribution in [3.63, 3.8) is 0 Å². The molecule has 0 atom stereocenters. The molecule has 0 aliphatic carbocycles. The molecule has 0 saturated heterocycles. The second kappa shape index (κ2) is 5.91. The molecule has 1 nitrogen and oxygen atoms in total. The summed E-state index contributed by atoms with van der Waals surface area (Å²) in [6.07, 6.45) is 0.0177. The van der Waals surface area contributed by atoms with E-state index < -0.39 is 5.82 Å². The summed E-state index contributed by atoms with van der Waals surface area (Å²) >= 11 is 17.8. The lowest BCUT2D eigenvalue weighted by Gasteiger charge is -2.07. The number of rotatable bonds is 3. The maximum absolute atomic E-state index is 12.9. The molecule has 2 aromatic rings. The number of Topliss-reactive ketones (excluding diaryl/α,β-unsaturated/α-hetero) is 1. The Labute approximate surface area is 124 Å². The Kier molecular flexibility index (Phi) is 4.46. The Morgan fingerprint density at radius 2 is 1.63 bits per heavy atom. The molecule has 5 heteroatoms. The van der Waals surface area contributed by atoms with Crippen LogP contribution in [0.5, 0.6) is 0 Å². The fourth-order valence-electron chi connectivity index (χ4n) is 1.67. The molecule has 0 saturated carbocycles. The highest BCUT2D eigenvalue weighted by atomic mass is 35.5. The summed E-state index contributed by atoms with van der Waals surface area (Å²) in [6, 6.07) is 8.65. The van der Waals surface area contributed by atoms with Crippen LogP contribution in [0.2, 0.25) is 15.1 Å². The minimum absolute atomic E-state index is 0.0177. The second-order valence-corrected chi connectivity index (χ2v) is 5.15. The van der Waals surface area contributed by atoms with Gasteiger partial charge in [-0.15, -0.1) is 0 Å². The maximum Gasteiger partial charge on any atom is 0.168 e. The molecule has 0 fully saturated rings. The first-order valence-electron chi connectivity index (χ1n) is 5.40. The highest BCUT2D eigenvalue weighted by molar-refractivity contribution is 6.37. The SMILES string of the molecule is O=C(Cc1c(Cl)cccc1Cl)c1ccc(F)cc1Cl. The number of halogens is 4. The van der Waals surface area contributed by atoms with Gasteiger partial charge in [-0.2, -0.15) is 0 Å². The summed E-state index contributed by atoms with van der Waals surface area (Å²) in [5, 5.41) is 0.909. The van der Waals surface area contributed by atoms with E-state index in [0.29, 0.717) is 15.6 Å². The van der Waals surface area contributed by atoms with Gasteiger partial charge in [0.25, 0.3) is 0 Å². The minimum Gasteiger partial charge on any atom is -0.294 e. The van der Waals surface area contributed by atoms with Gasteiger partial charge in [0.15, 0.2) is 5.78 Å². The Bertz CT molecular complexity index is 620. The zero-order valence-corrected chi connectivity index (χ0v) is 11.9. The average molecular weight is 318 g/mol. The summed E-state index contributed by atoms with van der Waals surface area (Å²) < 4.78 is 12.9. The number of ketones is 1. The van der Waals surface area contributed by atoms with E-state index in [2.05, 4.69) is 0 Å². The molecule has 0 spiro atoms. The zero-order chi connectivity index (χ0) is 14.0. The summed E-state index contributed by atoms with van der Waals surface area (Å²) in [5.74, 6) is -0.752. The molecular formula is C14H8Cl3FO. The molecule has 0 aliphatic rings. The molecule has 0 N–H and O–H groups in total. The molecular weight excluding hydrogens is 310 g/mol. The molecule has 0 radical (unpaired) electrons. The van der Waals surface area contributed by atoms with Crippen LogP contribution in [0.3, 0.4) is 0 Å². The van der Waals surface area contributed by atoms with Crippen LogP contribution in [0.4, 0.5) is 4.39 Å². The van der Waals surface area contributed by atoms with Gasteiger partial charge in [-0.1, -0.05) is 40.9 Å². The van der Waals surface area contributed by atoms with Crippen LogP contribution < -0.4 is 0 Å². The lowest BCUT2D eigenvalue weighted by Crippen LogP contribution is -2.05. The topological polar surface area (TPSA) is 17.1 Å². The largest absolute Gasteiger partial charge is 0.294 e. The average Bonchev–Trinajstić information content (AvgIpc) is 2.33. The van der Waals surface area contributed by atoms with Crippen molar-refractivity contribution in [2.75, 3.05) is 0 Å². The predicted molar refractivity (Wildman–Crippen MR) is 75.9 cm³/mol. The number of hydrogen-bond acceptors (Lipinski definition) is 1. The van der Waals surface area contributed by atoms with Gasteiger partial charge in [0, 0.05) is 22.0 Å². The van der Waals surface area contributed by atoms with Crippen molar-refractivity contribution in [2.24, 2.45) is 0 Å². The van der Waals surface area contributed by atoms with Crippen LogP contribution in [0.25, 0.3) is 0 Å². The van der Waals surface area contributed by atoms with Crippen molar-refractivity contribution in [1.82, 2.24) is 0 Å². The fraction of sp³-hybridized carbons (Fsp3) is 0.0714. The predicted octanol–water partition coefficient (Wildman–Crippen LogP) is 5.21. The number of benzene rings is 2. The minimum atomic E-state index is -0.489. The van der Waals surface area contributed by atoms with Gasteiger partial charge >= 0.3 is 0 Å². The standard InChI is InChI=1S/C14H8Cl3FO/c15-11-2-1-3-12(16)10(11)7-14(19)9-5-4-8(18)6-13(9)17/h1-6H,7H2. The lowest BCUT2D eigenvalue weighted by molar-refractivity contribution is 0.0993. The highest BCUT2D eigenvalue weighted by Crippen LogP contribution is 2.27. The lowest BCUT2D eigenvalue weighted by atomic mass is 10.0. The van der Waals surface area contributed by atoms with E-state index in [9.17, 15) is 9.18 Å². The Morgan fingerprint density at radius 1 is 1.00 bits per heavy atom. The normalized spacial score (nSPS) is 10.5. The first-order chi connectivity index (χ1) is 8.99. The molecule has 0 unspecified atom stereocenters. The van der Waals surface area contributed by atoms with Gasteiger partial charge < -0.3 is 0 Å². The van der Waals surface area contributed by atoms with E-state index in [1.807, 2.05) is 0 Å². The van der Waals surface area contributed by atoms with Crippen LogP contribution >= 0.6 is 34.8 Å². The molecule has 0 aromatic heterocycles. The first kappa shape index (κ1) is 14.3. The summed E-state index contributed by atoms with van der Waals surface area (Å²) in [4.78, 5) is 12.1. The van der Waals surface area contributed by atoms with Crippen LogP contribution in [0.1, 0.15) is 15.9 Å². The van der Waals surface area contributed by atoms with Crippen molar-refractivity contribution in [2.45, 2.75) is 6.42 Å². The van der Waals surface area contributed by atoms with Gasteiger partial charge in [0.1, 0.15) is 5.82 Å². The Balaban J connectivity index is 2.31. The number of carbonyl (C=O) groups is 1. The van der Waals surface area contributed by atoms with Crippen LogP contribution in [0.15, 0.2) is 36.4 Å². The smallest absolute Gasteiger partial charge is 0.168 e.